The lowest BCUT2D eigenvalue weighted by molar-refractivity contribution is 1.40. The van der Waals surface area contributed by atoms with E-state index in [2.05, 4.69) is 31.2 Å². The van der Waals surface area contributed by atoms with Crippen LogP contribution in [0.5, 0.6) is 0 Å². The molecule has 1 atom stereocenters. The molecular formula is C8H13NSi. The van der Waals surface area contributed by atoms with Crippen molar-refractivity contribution in [3.63, 3.8) is 0 Å². The van der Waals surface area contributed by atoms with E-state index in [0.717, 1.165) is 6.04 Å². The van der Waals surface area contributed by atoms with Gasteiger partial charge in [0.15, 0.2) is 0 Å². The molecule has 0 amide bonds. The molecule has 0 heterocycles. The monoisotopic (exact) mass is 151 g/mol. The van der Waals surface area contributed by atoms with Crippen LogP contribution < -0.4 is 10.6 Å². The van der Waals surface area contributed by atoms with Gasteiger partial charge in [-0.15, -0.1) is 0 Å². The van der Waals surface area contributed by atoms with E-state index in [4.69, 9.17) is 5.40 Å². The van der Waals surface area contributed by atoms with E-state index in [0.29, 0.717) is 0 Å². The van der Waals surface area contributed by atoms with Crippen LogP contribution in [0, 0.1) is 0 Å². The summed E-state index contributed by atoms with van der Waals surface area (Å²) in [6, 6.07) is 11.5. The molecular weight excluding hydrogens is 138 g/mol. The fraction of sp³-hybridized carbons (Fsp3) is 0.250. The van der Waals surface area contributed by atoms with Gasteiger partial charge in [0, 0.05) is 0 Å². The minimum atomic E-state index is -1.04. The fourth-order valence-electron chi connectivity index (χ4n) is 0.936. The Hall–Kier alpha value is -0.603. The number of hydrogen-bond donors (Lipinski definition) is 1. The van der Waals surface area contributed by atoms with Crippen LogP contribution in [0.2, 0.25) is 6.04 Å². The first-order chi connectivity index (χ1) is 4.84. The number of hydrogen-bond acceptors (Lipinski definition) is 1. The molecule has 0 aliphatic carbocycles. The van der Waals surface area contributed by atoms with Gasteiger partial charge in [0.2, 0.25) is 0 Å². The maximum atomic E-state index is 5.93. The Morgan fingerprint density at radius 3 is 2.40 bits per heavy atom. The minimum absolute atomic E-state index is 1.04. The molecule has 1 rings (SSSR count). The lowest BCUT2D eigenvalue weighted by Crippen LogP contribution is -2.38. The van der Waals surface area contributed by atoms with E-state index in [1.54, 1.807) is 0 Å². The van der Waals surface area contributed by atoms with E-state index in [1.165, 1.54) is 5.19 Å². The van der Waals surface area contributed by atoms with Crippen molar-refractivity contribution in [3.8, 4) is 0 Å². The van der Waals surface area contributed by atoms with Crippen molar-refractivity contribution >= 4 is 14.1 Å². The Morgan fingerprint density at radius 1 is 1.30 bits per heavy atom. The highest BCUT2D eigenvalue weighted by atomic mass is 28.3. The predicted molar refractivity (Wildman–Crippen MR) is 47.9 cm³/mol. The molecule has 0 spiro atoms. The van der Waals surface area contributed by atoms with Crippen LogP contribution in [-0.4, -0.2) is 8.96 Å². The summed E-state index contributed by atoms with van der Waals surface area (Å²) in [5, 5.41) is 7.30. The highest BCUT2D eigenvalue weighted by Gasteiger charge is 2.02. The summed E-state index contributed by atoms with van der Waals surface area (Å²) in [5.41, 5.74) is 0. The van der Waals surface area contributed by atoms with Gasteiger partial charge in [-0.1, -0.05) is 37.3 Å². The normalized spacial score (nSPS) is 13.0. The summed E-state index contributed by atoms with van der Waals surface area (Å²) < 4.78 is 0. The summed E-state index contributed by atoms with van der Waals surface area (Å²) in [5.74, 6) is 0. The zero-order chi connectivity index (χ0) is 7.40. The van der Waals surface area contributed by atoms with Crippen LogP contribution in [0.3, 0.4) is 0 Å². The maximum Gasteiger partial charge on any atom is 0.138 e. The maximum absolute atomic E-state index is 5.93. The third-order valence-corrected chi connectivity index (χ3v) is 3.79. The van der Waals surface area contributed by atoms with Gasteiger partial charge >= 0.3 is 0 Å². The minimum Gasteiger partial charge on any atom is -0.350 e. The second kappa shape index (κ2) is 3.54. The van der Waals surface area contributed by atoms with Gasteiger partial charge in [0.1, 0.15) is 8.96 Å². The lowest BCUT2D eigenvalue weighted by Gasteiger charge is -2.04. The Bertz CT molecular complexity index is 186. The van der Waals surface area contributed by atoms with Gasteiger partial charge < -0.3 is 5.40 Å². The summed E-state index contributed by atoms with van der Waals surface area (Å²) in [6.45, 7) is 2.16. The lowest BCUT2D eigenvalue weighted by atomic mass is 10.4. The smallest absolute Gasteiger partial charge is 0.138 e. The molecule has 1 unspecified atom stereocenters. The Morgan fingerprint density at radius 2 is 1.90 bits per heavy atom. The Labute approximate surface area is 63.6 Å². The largest absolute Gasteiger partial charge is 0.350 e. The van der Waals surface area contributed by atoms with Crippen LogP contribution >= 0.6 is 0 Å². The van der Waals surface area contributed by atoms with Crippen LogP contribution in [0.4, 0.5) is 0 Å². The highest BCUT2D eigenvalue weighted by molar-refractivity contribution is 6.70. The van der Waals surface area contributed by atoms with E-state index < -0.39 is 8.96 Å². The van der Waals surface area contributed by atoms with Crippen molar-refractivity contribution in [2.24, 2.45) is 5.40 Å². The second-order valence-corrected chi connectivity index (χ2v) is 5.12. The first-order valence-corrected chi connectivity index (χ1v) is 5.71. The van der Waals surface area contributed by atoms with Crippen LogP contribution in [0.15, 0.2) is 30.3 Å². The molecule has 0 radical (unpaired) electrons. The van der Waals surface area contributed by atoms with E-state index >= 15 is 0 Å². The summed E-state index contributed by atoms with van der Waals surface area (Å²) >= 11 is 0. The molecule has 2 N–H and O–H groups in total. The molecule has 0 aliphatic heterocycles. The number of rotatable bonds is 2. The molecule has 1 nitrogen and oxygen atoms in total. The average Bonchev–Trinajstić information content (AvgIpc) is 2.05. The summed E-state index contributed by atoms with van der Waals surface area (Å²) in [7, 11) is -1.04. The topological polar surface area (TPSA) is 26.0 Å². The molecule has 0 fully saturated rings. The highest BCUT2D eigenvalue weighted by Crippen LogP contribution is 1.87. The second-order valence-electron chi connectivity index (χ2n) is 2.43. The Balaban J connectivity index is 2.75. The van der Waals surface area contributed by atoms with Crippen molar-refractivity contribution in [3.05, 3.63) is 30.3 Å². The third-order valence-electron chi connectivity index (χ3n) is 1.67. The molecule has 0 saturated heterocycles. The average molecular weight is 151 g/mol. The first-order valence-electron chi connectivity index (χ1n) is 3.65. The van der Waals surface area contributed by atoms with Crippen LogP contribution in [0.1, 0.15) is 6.92 Å². The first kappa shape index (κ1) is 7.50. The van der Waals surface area contributed by atoms with Crippen molar-refractivity contribution in [2.45, 2.75) is 13.0 Å². The molecule has 54 valence electrons. The van der Waals surface area contributed by atoms with E-state index in [1.807, 2.05) is 6.07 Å². The van der Waals surface area contributed by atoms with E-state index in [9.17, 15) is 0 Å². The fourth-order valence-corrected chi connectivity index (χ4v) is 2.12. The predicted octanol–water partition coefficient (Wildman–Crippen LogP) is 0.596. The van der Waals surface area contributed by atoms with Gasteiger partial charge in [0.05, 0.1) is 0 Å². The van der Waals surface area contributed by atoms with Crippen molar-refractivity contribution < 1.29 is 0 Å². The summed E-state index contributed by atoms with van der Waals surface area (Å²) in [6.07, 6.45) is 0. The Kier molecular flexibility index (Phi) is 2.65. The van der Waals surface area contributed by atoms with Gasteiger partial charge in [-0.3, -0.25) is 0 Å². The van der Waals surface area contributed by atoms with Crippen molar-refractivity contribution in [1.29, 1.82) is 0 Å². The standard InChI is InChI=1S/C8H13NSi/c1-2-10(9)8-6-4-3-5-7-8/h3-7,10H,2,9H2,1H3. The number of benzene rings is 1. The molecule has 10 heavy (non-hydrogen) atoms. The molecule has 0 aliphatic rings. The number of nitrogens with two attached hydrogens (primary N) is 1. The van der Waals surface area contributed by atoms with Crippen LogP contribution in [-0.2, 0) is 0 Å². The van der Waals surface area contributed by atoms with Gasteiger partial charge in [-0.25, -0.2) is 0 Å². The molecule has 1 aromatic carbocycles. The SMILES string of the molecule is CC[SiH](N)c1ccccc1. The molecule has 0 saturated carbocycles. The van der Waals surface area contributed by atoms with Gasteiger partial charge in [-0.05, 0) is 11.2 Å². The summed E-state index contributed by atoms with van der Waals surface area (Å²) in [4.78, 5) is 0. The van der Waals surface area contributed by atoms with Crippen molar-refractivity contribution in [1.82, 2.24) is 0 Å². The quantitative estimate of drug-likeness (QED) is 0.615. The zero-order valence-electron chi connectivity index (χ0n) is 6.25. The van der Waals surface area contributed by atoms with Crippen LogP contribution in [0.25, 0.3) is 0 Å². The third kappa shape index (κ3) is 1.69. The van der Waals surface area contributed by atoms with Crippen molar-refractivity contribution in [2.75, 3.05) is 0 Å². The molecule has 1 aromatic rings. The zero-order valence-corrected chi connectivity index (χ0v) is 7.40. The molecule has 0 aromatic heterocycles. The molecule has 2 heteroatoms. The molecule has 0 bridgehead atoms. The van der Waals surface area contributed by atoms with Gasteiger partial charge in [-0.2, -0.15) is 0 Å². The van der Waals surface area contributed by atoms with Gasteiger partial charge in [0.25, 0.3) is 0 Å². The van der Waals surface area contributed by atoms with E-state index in [-0.39, 0.29) is 0 Å².